The third-order valence-corrected chi connectivity index (χ3v) is 3.23. The van der Waals surface area contributed by atoms with E-state index in [1.54, 1.807) is 0 Å². The highest BCUT2D eigenvalue weighted by Gasteiger charge is 2.29. The number of halogens is 4. The van der Waals surface area contributed by atoms with Crippen molar-refractivity contribution in [1.29, 1.82) is 0 Å². The van der Waals surface area contributed by atoms with Crippen LogP contribution < -0.4 is 15.4 Å². The van der Waals surface area contributed by atoms with E-state index in [-0.39, 0.29) is 31.2 Å². The summed E-state index contributed by atoms with van der Waals surface area (Å²) in [4.78, 5) is 11.9. The van der Waals surface area contributed by atoms with Crippen LogP contribution in [-0.2, 0) is 11.0 Å². The van der Waals surface area contributed by atoms with E-state index < -0.39 is 23.5 Å². The highest BCUT2D eigenvalue weighted by Crippen LogP contribution is 2.30. The number of aliphatic hydroxyl groups excluding tert-OH is 1. The number of alkyl halides is 3. The van der Waals surface area contributed by atoms with Crippen LogP contribution in [0.5, 0.6) is 5.75 Å². The Balaban J connectivity index is 1.94. The van der Waals surface area contributed by atoms with Crippen LogP contribution in [0.3, 0.4) is 0 Å². The van der Waals surface area contributed by atoms with Crippen LogP contribution in [0.4, 0.5) is 28.9 Å². The molecule has 140 valence electrons. The maximum atomic E-state index is 13.2. The highest BCUT2D eigenvalue weighted by atomic mass is 19.4. The largest absolute Gasteiger partial charge is 0.489 e. The van der Waals surface area contributed by atoms with Gasteiger partial charge in [0.05, 0.1) is 24.4 Å². The summed E-state index contributed by atoms with van der Waals surface area (Å²) in [7, 11) is 0. The Hall–Kier alpha value is -2.81. The van der Waals surface area contributed by atoms with Crippen LogP contribution in [0, 0.1) is 5.82 Å². The van der Waals surface area contributed by atoms with Crippen LogP contribution in [-0.4, -0.2) is 30.8 Å². The number of aliphatic hydroxyl groups is 1. The van der Waals surface area contributed by atoms with Crippen molar-refractivity contribution in [3.05, 3.63) is 53.8 Å². The minimum absolute atomic E-state index is 0.0458. The van der Waals surface area contributed by atoms with Crippen molar-refractivity contribution in [1.82, 2.24) is 0 Å². The van der Waals surface area contributed by atoms with Gasteiger partial charge in [0.2, 0.25) is 5.91 Å². The first-order chi connectivity index (χ1) is 12.3. The van der Waals surface area contributed by atoms with Crippen molar-refractivity contribution in [3.8, 4) is 5.75 Å². The molecule has 0 heterocycles. The second-order valence-electron chi connectivity index (χ2n) is 5.19. The molecule has 0 aliphatic heterocycles. The van der Waals surface area contributed by atoms with E-state index in [0.29, 0.717) is 5.69 Å². The predicted octanol–water partition coefficient (Wildman–Crippen LogP) is 3.27. The van der Waals surface area contributed by atoms with E-state index in [2.05, 4.69) is 10.6 Å². The zero-order valence-electron chi connectivity index (χ0n) is 13.4. The van der Waals surface area contributed by atoms with Gasteiger partial charge in [-0.15, -0.1) is 0 Å². The Bertz CT molecular complexity index is 749. The Labute approximate surface area is 146 Å². The Morgan fingerprint density at radius 1 is 1.12 bits per heavy atom. The molecule has 0 aliphatic carbocycles. The molecule has 0 aromatic heterocycles. The Kier molecular flexibility index (Phi) is 6.40. The highest BCUT2D eigenvalue weighted by molar-refractivity contribution is 5.93. The summed E-state index contributed by atoms with van der Waals surface area (Å²) >= 11 is 0. The summed E-state index contributed by atoms with van der Waals surface area (Å²) in [5.74, 6) is -0.929. The summed E-state index contributed by atoms with van der Waals surface area (Å²) in [6.45, 7) is -0.525. The lowest BCUT2D eigenvalue weighted by atomic mass is 10.2. The monoisotopic (exact) mass is 372 g/mol. The van der Waals surface area contributed by atoms with E-state index in [0.717, 1.165) is 30.3 Å². The lowest BCUT2D eigenvalue weighted by Crippen LogP contribution is -2.22. The summed E-state index contributed by atoms with van der Waals surface area (Å²) in [6.07, 6.45) is -4.45. The lowest BCUT2D eigenvalue weighted by molar-refractivity contribution is -0.137. The van der Waals surface area contributed by atoms with Gasteiger partial charge in [-0.25, -0.2) is 4.39 Å². The molecule has 0 saturated heterocycles. The van der Waals surface area contributed by atoms with Gasteiger partial charge in [-0.3, -0.25) is 4.79 Å². The molecule has 1 amide bonds. The van der Waals surface area contributed by atoms with Crippen molar-refractivity contribution in [3.63, 3.8) is 0 Å². The number of carbonyl (C=O) groups excluding carboxylic acids is 1. The maximum Gasteiger partial charge on any atom is 0.416 e. The first kappa shape index (κ1) is 19.5. The topological polar surface area (TPSA) is 70.6 Å². The fraction of sp³-hybridized carbons (Fsp3) is 0.235. The zero-order chi connectivity index (χ0) is 19.2. The number of nitrogens with one attached hydrogen (secondary N) is 2. The molecule has 0 fully saturated rings. The van der Waals surface area contributed by atoms with Crippen molar-refractivity contribution in [2.24, 2.45) is 0 Å². The van der Waals surface area contributed by atoms with Crippen molar-refractivity contribution >= 4 is 17.3 Å². The number of amides is 1. The van der Waals surface area contributed by atoms with Crippen molar-refractivity contribution < 1.29 is 32.2 Å². The average Bonchev–Trinajstić information content (AvgIpc) is 2.58. The van der Waals surface area contributed by atoms with Crippen LogP contribution in [0.1, 0.15) is 5.56 Å². The molecule has 2 aromatic carbocycles. The molecule has 0 aliphatic rings. The number of hydrogen-bond acceptors (Lipinski definition) is 4. The van der Waals surface area contributed by atoms with Crippen LogP contribution in [0.25, 0.3) is 0 Å². The van der Waals surface area contributed by atoms with E-state index in [4.69, 9.17) is 9.84 Å². The first-order valence-electron chi connectivity index (χ1n) is 7.54. The minimum atomic E-state index is -4.45. The molecule has 0 radical (unpaired) electrons. The second kappa shape index (κ2) is 8.52. The molecule has 2 aromatic rings. The fourth-order valence-corrected chi connectivity index (χ4v) is 2.04. The molecule has 26 heavy (non-hydrogen) atoms. The van der Waals surface area contributed by atoms with Crippen molar-refractivity contribution in [2.45, 2.75) is 6.18 Å². The van der Waals surface area contributed by atoms with Gasteiger partial charge in [0.15, 0.2) is 0 Å². The van der Waals surface area contributed by atoms with Gasteiger partial charge < -0.3 is 20.5 Å². The number of carbonyl (C=O) groups is 1. The predicted molar refractivity (Wildman–Crippen MR) is 87.5 cm³/mol. The summed E-state index contributed by atoms with van der Waals surface area (Å²) in [6, 6.07) is 7.66. The molecule has 2 rings (SSSR count). The van der Waals surface area contributed by atoms with Crippen molar-refractivity contribution in [2.75, 3.05) is 30.4 Å². The molecule has 0 unspecified atom stereocenters. The van der Waals surface area contributed by atoms with Crippen LogP contribution in [0.2, 0.25) is 0 Å². The molecule has 0 saturated carbocycles. The van der Waals surface area contributed by atoms with E-state index in [1.807, 2.05) is 0 Å². The van der Waals surface area contributed by atoms with Gasteiger partial charge in [0, 0.05) is 11.8 Å². The standard InChI is InChI=1S/C17H16F4N2O3/c18-12-3-6-14(15(9-12)26-8-7-24)22-10-16(25)23-13-4-1-11(2-5-13)17(19,20)21/h1-6,9,22,24H,7-8,10H2,(H,23,25). The third kappa shape index (κ3) is 5.62. The SMILES string of the molecule is O=C(CNc1ccc(F)cc1OCCO)Nc1ccc(C(F)(F)F)cc1. The van der Waals surface area contributed by atoms with Gasteiger partial charge >= 0.3 is 6.18 Å². The number of hydrogen-bond donors (Lipinski definition) is 3. The average molecular weight is 372 g/mol. The van der Waals surface area contributed by atoms with E-state index in [9.17, 15) is 22.4 Å². The van der Waals surface area contributed by atoms with Gasteiger partial charge in [-0.1, -0.05) is 0 Å². The molecular weight excluding hydrogens is 356 g/mol. The van der Waals surface area contributed by atoms with E-state index >= 15 is 0 Å². The molecular formula is C17H16F4N2O3. The molecule has 5 nitrogen and oxygen atoms in total. The van der Waals surface area contributed by atoms with Crippen LogP contribution in [0.15, 0.2) is 42.5 Å². The Morgan fingerprint density at radius 3 is 2.42 bits per heavy atom. The number of anilines is 2. The molecule has 3 N–H and O–H groups in total. The summed E-state index contributed by atoms with van der Waals surface area (Å²) < 4.78 is 55.9. The second-order valence-corrected chi connectivity index (χ2v) is 5.19. The van der Waals surface area contributed by atoms with Crippen LogP contribution >= 0.6 is 0 Å². The van der Waals surface area contributed by atoms with Gasteiger partial charge in [0.25, 0.3) is 0 Å². The first-order valence-corrected chi connectivity index (χ1v) is 7.54. The molecule has 0 spiro atoms. The maximum absolute atomic E-state index is 13.2. The summed E-state index contributed by atoms with van der Waals surface area (Å²) in [5.41, 5.74) is -0.270. The zero-order valence-corrected chi connectivity index (χ0v) is 13.4. The molecule has 9 heteroatoms. The molecule has 0 atom stereocenters. The van der Waals surface area contributed by atoms with Gasteiger partial charge in [0.1, 0.15) is 18.2 Å². The number of rotatable bonds is 7. The molecule has 0 bridgehead atoms. The normalized spacial score (nSPS) is 11.1. The minimum Gasteiger partial charge on any atom is -0.489 e. The summed E-state index contributed by atoms with van der Waals surface area (Å²) in [5, 5.41) is 13.9. The lowest BCUT2D eigenvalue weighted by Gasteiger charge is -2.13. The van der Waals surface area contributed by atoms with E-state index in [1.165, 1.54) is 12.1 Å². The smallest absolute Gasteiger partial charge is 0.416 e. The number of benzene rings is 2. The Morgan fingerprint density at radius 2 is 1.81 bits per heavy atom. The van der Waals surface area contributed by atoms with Gasteiger partial charge in [-0.2, -0.15) is 13.2 Å². The quantitative estimate of drug-likeness (QED) is 0.653. The number of ether oxygens (including phenoxy) is 1. The fourth-order valence-electron chi connectivity index (χ4n) is 2.04. The van der Waals surface area contributed by atoms with Gasteiger partial charge in [-0.05, 0) is 36.4 Å². The third-order valence-electron chi connectivity index (χ3n) is 3.23.